The summed E-state index contributed by atoms with van der Waals surface area (Å²) >= 11 is 0. The monoisotopic (exact) mass is 250 g/mol. The number of nitrogens with one attached hydrogen (secondary N) is 1. The maximum atomic E-state index is 10.9. The Bertz CT molecular complexity index is 460. The zero-order valence-electron chi connectivity index (χ0n) is 10.6. The highest BCUT2D eigenvalue weighted by Crippen LogP contribution is 2.34. The van der Waals surface area contributed by atoms with Crippen molar-refractivity contribution in [3.8, 4) is 5.75 Å². The molecule has 0 spiro atoms. The van der Waals surface area contributed by atoms with E-state index in [2.05, 4.69) is 5.32 Å². The number of carboxylic acid groups (broad SMARTS) is 1. The van der Waals surface area contributed by atoms with Crippen LogP contribution in [-0.4, -0.2) is 36.8 Å². The summed E-state index contributed by atoms with van der Waals surface area (Å²) in [6.45, 7) is 0.450. The number of nitrogens with zero attached hydrogens (tertiary/aromatic N) is 1. The third-order valence-electron chi connectivity index (χ3n) is 3.38. The van der Waals surface area contributed by atoms with Gasteiger partial charge in [0.05, 0.1) is 5.92 Å². The molecule has 1 heterocycles. The second-order valence-electron chi connectivity index (χ2n) is 4.87. The second-order valence-corrected chi connectivity index (χ2v) is 4.87. The summed E-state index contributed by atoms with van der Waals surface area (Å²) in [5.41, 5.74) is 1.76. The molecule has 1 aliphatic rings. The number of hydrogen-bond donors (Lipinski definition) is 3. The zero-order chi connectivity index (χ0) is 13.3. The number of aromatic hydroxyl groups is 1. The van der Waals surface area contributed by atoms with Crippen LogP contribution in [0.4, 0.5) is 5.69 Å². The molecule has 1 aliphatic heterocycles. The number of anilines is 1. The van der Waals surface area contributed by atoms with Gasteiger partial charge in [-0.25, -0.2) is 0 Å². The van der Waals surface area contributed by atoms with E-state index in [4.69, 9.17) is 5.11 Å². The highest BCUT2D eigenvalue weighted by molar-refractivity contribution is 5.71. The minimum absolute atomic E-state index is 0.0917. The van der Waals surface area contributed by atoms with Crippen LogP contribution in [0.3, 0.4) is 0 Å². The van der Waals surface area contributed by atoms with Gasteiger partial charge in [0.2, 0.25) is 0 Å². The summed E-state index contributed by atoms with van der Waals surface area (Å²) in [5, 5.41) is 22.0. The average molecular weight is 250 g/mol. The van der Waals surface area contributed by atoms with Gasteiger partial charge in [-0.1, -0.05) is 0 Å². The lowest BCUT2D eigenvalue weighted by Crippen LogP contribution is -2.17. The molecule has 5 heteroatoms. The maximum absolute atomic E-state index is 10.9. The third-order valence-corrected chi connectivity index (χ3v) is 3.38. The van der Waals surface area contributed by atoms with E-state index >= 15 is 0 Å². The van der Waals surface area contributed by atoms with E-state index in [-0.39, 0.29) is 17.7 Å². The molecule has 0 bridgehead atoms. The molecule has 0 amide bonds. The van der Waals surface area contributed by atoms with Crippen LogP contribution < -0.4 is 10.2 Å². The van der Waals surface area contributed by atoms with Crippen LogP contribution in [-0.2, 0) is 4.79 Å². The molecule has 2 unspecified atom stereocenters. The maximum Gasteiger partial charge on any atom is 0.307 e. The lowest BCUT2D eigenvalue weighted by Gasteiger charge is -2.18. The van der Waals surface area contributed by atoms with Gasteiger partial charge in [-0.3, -0.25) is 4.79 Å². The van der Waals surface area contributed by atoms with Crippen LogP contribution >= 0.6 is 0 Å². The van der Waals surface area contributed by atoms with Crippen LogP contribution in [0.2, 0.25) is 0 Å². The van der Waals surface area contributed by atoms with Crippen molar-refractivity contribution in [2.45, 2.75) is 12.5 Å². The Kier molecular flexibility index (Phi) is 3.43. The van der Waals surface area contributed by atoms with E-state index in [1.54, 1.807) is 6.07 Å². The van der Waals surface area contributed by atoms with Gasteiger partial charge in [0.25, 0.3) is 0 Å². The molecule has 0 aliphatic carbocycles. The third kappa shape index (κ3) is 2.41. The molecule has 2 rings (SSSR count). The molecular weight excluding hydrogens is 232 g/mol. The van der Waals surface area contributed by atoms with Gasteiger partial charge in [-0.2, -0.15) is 0 Å². The lowest BCUT2D eigenvalue weighted by molar-refractivity contribution is -0.141. The standard InChI is InChI=1S/C13H18N2O3/c1-15(2)9-3-4-12(16)10(6-9)11-5-8(7-14-11)13(17)18/h3-4,6,8,11,14,16H,5,7H2,1-2H3,(H,17,18). The lowest BCUT2D eigenvalue weighted by atomic mass is 9.99. The van der Waals surface area contributed by atoms with Crippen molar-refractivity contribution in [2.24, 2.45) is 5.92 Å². The van der Waals surface area contributed by atoms with Gasteiger partial charge in [0, 0.05) is 37.9 Å². The molecule has 2 atom stereocenters. The average Bonchev–Trinajstić information content (AvgIpc) is 2.78. The number of carbonyl (C=O) groups is 1. The fraction of sp³-hybridized carbons (Fsp3) is 0.462. The smallest absolute Gasteiger partial charge is 0.307 e. The first-order valence-electron chi connectivity index (χ1n) is 5.95. The molecule has 98 valence electrons. The van der Waals surface area contributed by atoms with Crippen molar-refractivity contribution in [1.29, 1.82) is 0 Å². The van der Waals surface area contributed by atoms with Gasteiger partial charge < -0.3 is 20.4 Å². The van der Waals surface area contributed by atoms with Gasteiger partial charge in [-0.15, -0.1) is 0 Å². The van der Waals surface area contributed by atoms with Crippen LogP contribution in [0, 0.1) is 5.92 Å². The Morgan fingerprint density at radius 2 is 2.17 bits per heavy atom. The number of hydrogen-bond acceptors (Lipinski definition) is 4. The molecule has 1 aromatic rings. The van der Waals surface area contributed by atoms with E-state index in [1.165, 1.54) is 0 Å². The van der Waals surface area contributed by atoms with Gasteiger partial charge in [-0.05, 0) is 24.6 Å². The molecule has 1 fully saturated rings. The van der Waals surface area contributed by atoms with Gasteiger partial charge >= 0.3 is 5.97 Å². The summed E-state index contributed by atoms with van der Waals surface area (Å²) in [6, 6.07) is 5.30. The predicted octanol–water partition coefficient (Wildman–Crippen LogP) is 1.19. The zero-order valence-corrected chi connectivity index (χ0v) is 10.6. The number of carboxylic acids is 1. The van der Waals surface area contributed by atoms with E-state index in [9.17, 15) is 9.90 Å². The van der Waals surface area contributed by atoms with Crippen molar-refractivity contribution in [3.63, 3.8) is 0 Å². The molecule has 0 radical (unpaired) electrons. The van der Waals surface area contributed by atoms with Crippen molar-refractivity contribution < 1.29 is 15.0 Å². The molecule has 5 nitrogen and oxygen atoms in total. The second kappa shape index (κ2) is 4.86. The Hall–Kier alpha value is -1.75. The first-order chi connectivity index (χ1) is 8.49. The van der Waals surface area contributed by atoms with Crippen molar-refractivity contribution in [2.75, 3.05) is 25.5 Å². The molecule has 0 aromatic heterocycles. The first-order valence-corrected chi connectivity index (χ1v) is 5.95. The van der Waals surface area contributed by atoms with Crippen LogP contribution in [0.1, 0.15) is 18.0 Å². The van der Waals surface area contributed by atoms with Gasteiger partial charge in [0.15, 0.2) is 0 Å². The SMILES string of the molecule is CN(C)c1ccc(O)c(C2CC(C(=O)O)CN2)c1. The van der Waals surface area contributed by atoms with Gasteiger partial charge in [0.1, 0.15) is 5.75 Å². The Balaban J connectivity index is 2.23. The van der Waals surface area contributed by atoms with E-state index in [0.29, 0.717) is 13.0 Å². The quantitative estimate of drug-likeness (QED) is 0.751. The topological polar surface area (TPSA) is 72.8 Å². The Labute approximate surface area is 106 Å². The molecule has 0 saturated carbocycles. The summed E-state index contributed by atoms with van der Waals surface area (Å²) in [4.78, 5) is 12.9. The van der Waals surface area contributed by atoms with Crippen LogP contribution in [0.25, 0.3) is 0 Å². The Morgan fingerprint density at radius 3 is 2.72 bits per heavy atom. The van der Waals surface area contributed by atoms with E-state index in [0.717, 1.165) is 11.3 Å². The minimum atomic E-state index is -0.784. The number of phenolic OH excluding ortho intramolecular Hbond substituents is 1. The predicted molar refractivity (Wildman–Crippen MR) is 68.9 cm³/mol. The molecule has 18 heavy (non-hydrogen) atoms. The largest absolute Gasteiger partial charge is 0.508 e. The highest BCUT2D eigenvalue weighted by atomic mass is 16.4. The summed E-state index contributed by atoms with van der Waals surface area (Å²) < 4.78 is 0. The highest BCUT2D eigenvalue weighted by Gasteiger charge is 2.31. The number of phenols is 1. The number of rotatable bonds is 3. The van der Waals surface area contributed by atoms with E-state index < -0.39 is 5.97 Å². The van der Waals surface area contributed by atoms with Crippen molar-refractivity contribution in [3.05, 3.63) is 23.8 Å². The molecule has 1 saturated heterocycles. The number of aliphatic carboxylic acids is 1. The normalized spacial score (nSPS) is 23.0. The summed E-state index contributed by atoms with van der Waals surface area (Å²) in [6.07, 6.45) is 0.514. The van der Waals surface area contributed by atoms with Crippen LogP contribution in [0.15, 0.2) is 18.2 Å². The Morgan fingerprint density at radius 1 is 1.44 bits per heavy atom. The minimum Gasteiger partial charge on any atom is -0.508 e. The van der Waals surface area contributed by atoms with Crippen molar-refractivity contribution in [1.82, 2.24) is 5.32 Å². The van der Waals surface area contributed by atoms with E-state index in [1.807, 2.05) is 31.1 Å². The fourth-order valence-corrected chi connectivity index (χ4v) is 2.26. The molecular formula is C13H18N2O3. The van der Waals surface area contributed by atoms with Crippen molar-refractivity contribution >= 4 is 11.7 Å². The molecule has 3 N–H and O–H groups in total. The number of benzene rings is 1. The fourth-order valence-electron chi connectivity index (χ4n) is 2.26. The summed E-state index contributed by atoms with van der Waals surface area (Å²) in [7, 11) is 3.86. The van der Waals surface area contributed by atoms with Crippen LogP contribution in [0.5, 0.6) is 5.75 Å². The first kappa shape index (κ1) is 12.7. The summed E-state index contributed by atoms with van der Waals surface area (Å²) in [5.74, 6) is -0.949. The molecule has 1 aromatic carbocycles.